The van der Waals surface area contributed by atoms with Gasteiger partial charge in [0.2, 0.25) is 0 Å². The first-order valence-electron chi connectivity index (χ1n) is 8.30. The number of hydrogen-bond acceptors (Lipinski definition) is 5. The summed E-state index contributed by atoms with van der Waals surface area (Å²) in [5, 5.41) is 9.09. The van der Waals surface area contributed by atoms with Crippen molar-refractivity contribution in [1.82, 2.24) is 9.97 Å². The molecule has 1 aliphatic heterocycles. The third-order valence-electron chi connectivity index (χ3n) is 4.67. The number of halogens is 2. The van der Waals surface area contributed by atoms with Crippen molar-refractivity contribution in [2.24, 2.45) is 5.92 Å². The monoisotopic (exact) mass is 341 g/mol. The Kier molecular flexibility index (Phi) is 4.82. The van der Waals surface area contributed by atoms with Crippen LogP contribution in [-0.4, -0.2) is 46.7 Å². The van der Waals surface area contributed by atoms with Crippen molar-refractivity contribution in [1.29, 1.82) is 0 Å². The number of alkyl halides is 2. The summed E-state index contributed by atoms with van der Waals surface area (Å²) in [7, 11) is 0. The van der Waals surface area contributed by atoms with E-state index in [-0.39, 0.29) is 37.5 Å². The molecule has 6 nitrogen and oxygen atoms in total. The average Bonchev–Trinajstić information content (AvgIpc) is 3.06. The molecule has 1 saturated heterocycles. The number of nitrogens with zero attached hydrogens (tertiary/aromatic N) is 3. The van der Waals surface area contributed by atoms with Gasteiger partial charge in [-0.05, 0) is 18.8 Å². The van der Waals surface area contributed by atoms with Crippen molar-refractivity contribution in [3.8, 4) is 5.88 Å². The molecule has 1 aromatic heterocycles. The molecule has 132 valence electrons. The van der Waals surface area contributed by atoms with Crippen LogP contribution >= 0.6 is 0 Å². The maximum atomic E-state index is 13.3. The summed E-state index contributed by atoms with van der Waals surface area (Å²) in [6.07, 6.45) is 5.14. The number of carboxylic acid groups (broad SMARTS) is 1. The van der Waals surface area contributed by atoms with Gasteiger partial charge in [-0.1, -0.05) is 12.8 Å². The number of anilines is 1. The van der Waals surface area contributed by atoms with E-state index in [4.69, 9.17) is 9.84 Å². The van der Waals surface area contributed by atoms with E-state index in [2.05, 4.69) is 9.97 Å². The minimum Gasteiger partial charge on any atom is -0.476 e. The molecule has 1 saturated carbocycles. The van der Waals surface area contributed by atoms with Crippen molar-refractivity contribution in [3.63, 3.8) is 0 Å². The highest BCUT2D eigenvalue weighted by Crippen LogP contribution is 2.33. The molecule has 0 spiro atoms. The van der Waals surface area contributed by atoms with Gasteiger partial charge in [0, 0.05) is 25.9 Å². The first-order chi connectivity index (χ1) is 11.4. The molecule has 24 heavy (non-hydrogen) atoms. The zero-order valence-corrected chi connectivity index (χ0v) is 13.4. The molecule has 0 atom stereocenters. The van der Waals surface area contributed by atoms with Crippen molar-refractivity contribution >= 4 is 11.8 Å². The van der Waals surface area contributed by atoms with E-state index in [0.717, 1.165) is 19.0 Å². The average molecular weight is 341 g/mol. The van der Waals surface area contributed by atoms with E-state index in [9.17, 15) is 13.6 Å². The van der Waals surface area contributed by atoms with Crippen molar-refractivity contribution in [2.45, 2.75) is 44.4 Å². The van der Waals surface area contributed by atoms with Crippen molar-refractivity contribution in [2.75, 3.05) is 24.6 Å². The van der Waals surface area contributed by atoms with Gasteiger partial charge in [-0.3, -0.25) is 0 Å². The Bertz CT molecular complexity index is 596. The van der Waals surface area contributed by atoms with Crippen LogP contribution in [0.5, 0.6) is 5.88 Å². The number of hydrogen-bond donors (Lipinski definition) is 1. The Labute approximate surface area is 138 Å². The topological polar surface area (TPSA) is 75.5 Å². The molecule has 2 heterocycles. The van der Waals surface area contributed by atoms with Gasteiger partial charge in [-0.2, -0.15) is 0 Å². The number of carbonyl (C=O) groups is 1. The number of aromatic nitrogens is 2. The Balaban J connectivity index is 1.77. The normalized spacial score (nSPS) is 21.0. The molecule has 2 fully saturated rings. The molecule has 0 amide bonds. The highest BCUT2D eigenvalue weighted by atomic mass is 19.3. The zero-order chi connectivity index (χ0) is 17.2. The van der Waals surface area contributed by atoms with Crippen LogP contribution in [0, 0.1) is 5.92 Å². The van der Waals surface area contributed by atoms with Crippen molar-refractivity contribution in [3.05, 3.63) is 11.9 Å². The SMILES string of the molecule is O=C(O)c1cnc(N2CCC(F)(F)CC2)c(OCC2CCCC2)n1. The fourth-order valence-electron chi connectivity index (χ4n) is 3.20. The molecular formula is C16H21F2N3O3. The number of carboxylic acids is 1. The predicted octanol–water partition coefficient (Wildman–Crippen LogP) is 2.98. The Hall–Kier alpha value is -1.99. The summed E-state index contributed by atoms with van der Waals surface area (Å²) in [6, 6.07) is 0. The standard InChI is InChI=1S/C16H21F2N3O3/c17-16(18)5-7-21(8-6-16)13-14(20-12(9-19-13)15(22)23)24-10-11-3-1-2-4-11/h9,11H,1-8,10H2,(H,22,23). The number of aromatic carboxylic acids is 1. The smallest absolute Gasteiger partial charge is 0.356 e. The first-order valence-corrected chi connectivity index (χ1v) is 8.30. The summed E-state index contributed by atoms with van der Waals surface area (Å²) in [6.45, 7) is 0.747. The van der Waals surface area contributed by atoms with Gasteiger partial charge in [-0.15, -0.1) is 0 Å². The molecule has 0 bridgehead atoms. The molecule has 0 aromatic carbocycles. The summed E-state index contributed by atoms with van der Waals surface area (Å²) in [4.78, 5) is 21.0. The molecule has 3 rings (SSSR count). The van der Waals surface area contributed by atoms with E-state index in [0.29, 0.717) is 18.3 Å². The van der Waals surface area contributed by atoms with Gasteiger partial charge in [0.25, 0.3) is 11.8 Å². The highest BCUT2D eigenvalue weighted by Gasteiger charge is 2.35. The molecule has 1 aromatic rings. The minimum absolute atomic E-state index is 0.131. The molecule has 2 aliphatic rings. The molecule has 1 aliphatic carbocycles. The fraction of sp³-hybridized carbons (Fsp3) is 0.688. The maximum Gasteiger partial charge on any atom is 0.356 e. The van der Waals surface area contributed by atoms with E-state index in [1.807, 2.05) is 0 Å². The van der Waals surface area contributed by atoms with E-state index < -0.39 is 11.9 Å². The van der Waals surface area contributed by atoms with Crippen LogP contribution in [0.1, 0.15) is 49.0 Å². The predicted molar refractivity (Wildman–Crippen MR) is 82.8 cm³/mol. The lowest BCUT2D eigenvalue weighted by molar-refractivity contribution is -0.0222. The first kappa shape index (κ1) is 16.9. The molecular weight excluding hydrogens is 320 g/mol. The molecule has 1 N–H and O–H groups in total. The zero-order valence-electron chi connectivity index (χ0n) is 13.4. The number of piperidine rings is 1. The summed E-state index contributed by atoms with van der Waals surface area (Å²) in [5.74, 6) is -2.93. The Morgan fingerprint density at radius 1 is 1.33 bits per heavy atom. The summed E-state index contributed by atoms with van der Waals surface area (Å²) >= 11 is 0. The third-order valence-corrected chi connectivity index (χ3v) is 4.67. The second-order valence-electron chi connectivity index (χ2n) is 6.49. The van der Waals surface area contributed by atoms with Gasteiger partial charge in [0.05, 0.1) is 12.8 Å². The van der Waals surface area contributed by atoms with Crippen molar-refractivity contribution < 1.29 is 23.4 Å². The van der Waals surface area contributed by atoms with Crippen LogP contribution in [0.3, 0.4) is 0 Å². The molecule has 0 unspecified atom stereocenters. The fourth-order valence-corrected chi connectivity index (χ4v) is 3.20. The molecule has 8 heteroatoms. The second kappa shape index (κ2) is 6.86. The van der Waals surface area contributed by atoms with Gasteiger partial charge in [0.15, 0.2) is 11.5 Å². The lowest BCUT2D eigenvalue weighted by Crippen LogP contribution is -2.40. The Morgan fingerprint density at radius 2 is 2.00 bits per heavy atom. The van der Waals surface area contributed by atoms with Gasteiger partial charge in [-0.25, -0.2) is 23.5 Å². The largest absolute Gasteiger partial charge is 0.476 e. The van der Waals surface area contributed by atoms with Gasteiger partial charge in [0.1, 0.15) is 0 Å². The highest BCUT2D eigenvalue weighted by molar-refractivity contribution is 5.85. The number of rotatable bonds is 5. The Morgan fingerprint density at radius 3 is 2.62 bits per heavy atom. The van der Waals surface area contributed by atoms with Gasteiger partial charge >= 0.3 is 5.97 Å². The van der Waals surface area contributed by atoms with E-state index >= 15 is 0 Å². The van der Waals surface area contributed by atoms with Crippen LogP contribution in [0.15, 0.2) is 6.20 Å². The summed E-state index contributed by atoms with van der Waals surface area (Å²) < 4.78 is 32.4. The van der Waals surface area contributed by atoms with E-state index in [1.165, 1.54) is 12.8 Å². The van der Waals surface area contributed by atoms with Crippen LogP contribution in [-0.2, 0) is 0 Å². The molecule has 0 radical (unpaired) electrons. The summed E-state index contributed by atoms with van der Waals surface area (Å²) in [5.41, 5.74) is -0.206. The maximum absolute atomic E-state index is 13.3. The minimum atomic E-state index is -2.66. The second-order valence-corrected chi connectivity index (χ2v) is 6.49. The van der Waals surface area contributed by atoms with Crippen LogP contribution in [0.2, 0.25) is 0 Å². The van der Waals surface area contributed by atoms with Gasteiger partial charge < -0.3 is 14.7 Å². The van der Waals surface area contributed by atoms with Crippen LogP contribution < -0.4 is 9.64 Å². The van der Waals surface area contributed by atoms with E-state index in [1.54, 1.807) is 4.90 Å². The third kappa shape index (κ3) is 3.91. The quantitative estimate of drug-likeness (QED) is 0.887. The number of ether oxygens (including phenoxy) is 1. The van der Waals surface area contributed by atoms with Crippen LogP contribution in [0.4, 0.5) is 14.6 Å². The lowest BCUT2D eigenvalue weighted by atomic mass is 10.1. The van der Waals surface area contributed by atoms with Crippen LogP contribution in [0.25, 0.3) is 0 Å². The lowest BCUT2D eigenvalue weighted by Gasteiger charge is -2.33.